The van der Waals surface area contributed by atoms with Crippen molar-refractivity contribution in [2.75, 3.05) is 6.61 Å². The van der Waals surface area contributed by atoms with Crippen molar-refractivity contribution in [1.82, 2.24) is 20.2 Å². The maximum absolute atomic E-state index is 6.08. The Bertz CT molecular complexity index is 1200. The molecule has 0 radical (unpaired) electrons. The van der Waals surface area contributed by atoms with Crippen molar-refractivity contribution in [2.24, 2.45) is 0 Å². The van der Waals surface area contributed by atoms with Gasteiger partial charge in [-0.05, 0) is 81.1 Å². The molecule has 178 valence electrons. The van der Waals surface area contributed by atoms with E-state index in [9.17, 15) is 0 Å². The van der Waals surface area contributed by atoms with Crippen molar-refractivity contribution in [3.05, 3.63) is 70.6 Å². The average Bonchev–Trinajstić information content (AvgIpc) is 3.46. The first kappa shape index (κ1) is 24.1. The molecule has 2 heterocycles. The number of nitrogens with zero attached hydrogens (tertiary/aromatic N) is 4. The summed E-state index contributed by atoms with van der Waals surface area (Å²) in [6.45, 7) is 11.6. The molecule has 34 heavy (non-hydrogen) atoms. The highest BCUT2D eigenvalue weighted by atomic mass is 32.1. The molecule has 2 aromatic heterocycles. The molecular formula is C27H32N4O2S. The number of benzene rings is 2. The minimum atomic E-state index is 0.192. The molecule has 6 nitrogen and oxygen atoms in total. The number of ether oxygens (including phenoxy) is 2. The van der Waals surface area contributed by atoms with Gasteiger partial charge in [-0.15, -0.1) is 21.5 Å². The van der Waals surface area contributed by atoms with Gasteiger partial charge in [0.15, 0.2) is 0 Å². The first-order chi connectivity index (χ1) is 16.4. The van der Waals surface area contributed by atoms with Crippen molar-refractivity contribution >= 4 is 11.3 Å². The van der Waals surface area contributed by atoms with Gasteiger partial charge in [-0.1, -0.05) is 36.4 Å². The fourth-order valence-corrected chi connectivity index (χ4v) is 4.79. The minimum absolute atomic E-state index is 0.192. The van der Waals surface area contributed by atoms with Crippen LogP contribution in [0.1, 0.15) is 49.7 Å². The van der Waals surface area contributed by atoms with Gasteiger partial charge in [-0.3, -0.25) is 0 Å². The van der Waals surface area contributed by atoms with E-state index in [-0.39, 0.29) is 12.1 Å². The van der Waals surface area contributed by atoms with Crippen molar-refractivity contribution in [3.63, 3.8) is 0 Å². The summed E-state index contributed by atoms with van der Waals surface area (Å²) in [6, 6.07) is 19.1. The number of tetrazole rings is 1. The standard InChI is InChI=1S/C27H32N4O2S/c1-6-32-20(5)16-21-7-13-24(14-8-21)33-17-26-19(4)15-25(34-26)22-9-11-23(12-10-22)27-28-30-31(29-27)18(2)3/h7-15,18,20H,6,16-17H2,1-5H3. The number of hydrogen-bond donors (Lipinski definition) is 0. The van der Waals surface area contributed by atoms with Gasteiger partial charge in [-0.25, -0.2) is 0 Å². The monoisotopic (exact) mass is 476 g/mol. The van der Waals surface area contributed by atoms with Gasteiger partial charge in [0.1, 0.15) is 12.4 Å². The summed E-state index contributed by atoms with van der Waals surface area (Å²) in [6.07, 6.45) is 1.13. The first-order valence-corrected chi connectivity index (χ1v) is 12.6. The Morgan fingerprint density at radius 2 is 1.68 bits per heavy atom. The fraction of sp³-hybridized carbons (Fsp3) is 0.370. The lowest BCUT2D eigenvalue weighted by Crippen LogP contribution is -2.11. The SMILES string of the molecule is CCOC(C)Cc1ccc(OCc2sc(-c3ccc(-c4nnn(C(C)C)n4)cc3)cc2C)cc1. The second-order valence-electron chi connectivity index (χ2n) is 8.72. The molecular weight excluding hydrogens is 444 g/mol. The number of thiophene rings is 1. The lowest BCUT2D eigenvalue weighted by Gasteiger charge is -2.12. The summed E-state index contributed by atoms with van der Waals surface area (Å²) in [5.41, 5.74) is 4.64. The lowest BCUT2D eigenvalue weighted by molar-refractivity contribution is 0.0768. The highest BCUT2D eigenvalue weighted by Crippen LogP contribution is 2.33. The van der Waals surface area contributed by atoms with Crippen LogP contribution >= 0.6 is 11.3 Å². The predicted molar refractivity (Wildman–Crippen MR) is 137 cm³/mol. The van der Waals surface area contributed by atoms with Gasteiger partial charge < -0.3 is 9.47 Å². The maximum atomic E-state index is 6.08. The van der Waals surface area contributed by atoms with Crippen molar-refractivity contribution in [3.8, 4) is 27.6 Å². The molecule has 0 bridgehead atoms. The third-order valence-corrected chi connectivity index (χ3v) is 6.87. The lowest BCUT2D eigenvalue weighted by atomic mass is 10.1. The molecule has 0 amide bonds. The van der Waals surface area contributed by atoms with Crippen LogP contribution in [-0.4, -0.2) is 32.9 Å². The van der Waals surface area contributed by atoms with E-state index in [0.29, 0.717) is 12.4 Å². The van der Waals surface area contributed by atoms with E-state index in [1.807, 2.05) is 32.9 Å². The summed E-state index contributed by atoms with van der Waals surface area (Å²) in [4.78, 5) is 4.09. The summed E-state index contributed by atoms with van der Waals surface area (Å²) >= 11 is 1.77. The van der Waals surface area contributed by atoms with Crippen LogP contribution in [-0.2, 0) is 17.8 Å². The zero-order chi connectivity index (χ0) is 24.1. The molecule has 2 aromatic carbocycles. The highest BCUT2D eigenvalue weighted by molar-refractivity contribution is 7.15. The molecule has 0 aliphatic heterocycles. The van der Waals surface area contributed by atoms with Crippen LogP contribution in [0.15, 0.2) is 54.6 Å². The van der Waals surface area contributed by atoms with Crippen LogP contribution in [0.4, 0.5) is 0 Å². The molecule has 4 rings (SSSR count). The van der Waals surface area contributed by atoms with E-state index in [4.69, 9.17) is 9.47 Å². The Hall–Kier alpha value is -3.03. The molecule has 1 unspecified atom stereocenters. The molecule has 4 aromatic rings. The number of aromatic nitrogens is 4. The van der Waals surface area contributed by atoms with Crippen molar-refractivity contribution < 1.29 is 9.47 Å². The topological polar surface area (TPSA) is 62.1 Å². The van der Waals surface area contributed by atoms with Crippen LogP contribution in [0.25, 0.3) is 21.8 Å². The zero-order valence-electron chi connectivity index (χ0n) is 20.5. The van der Waals surface area contributed by atoms with Crippen LogP contribution in [0, 0.1) is 6.92 Å². The van der Waals surface area contributed by atoms with E-state index in [1.54, 1.807) is 16.1 Å². The van der Waals surface area contributed by atoms with Crippen LogP contribution in [0.3, 0.4) is 0 Å². The highest BCUT2D eigenvalue weighted by Gasteiger charge is 2.11. The smallest absolute Gasteiger partial charge is 0.204 e. The molecule has 0 aliphatic carbocycles. The van der Waals surface area contributed by atoms with Gasteiger partial charge in [0, 0.05) is 21.9 Å². The molecule has 7 heteroatoms. The third kappa shape index (κ3) is 5.90. The van der Waals surface area contributed by atoms with Crippen molar-refractivity contribution in [2.45, 2.75) is 59.8 Å². The molecule has 0 saturated heterocycles. The summed E-state index contributed by atoms with van der Waals surface area (Å²) in [5, 5.41) is 12.7. The second-order valence-corrected chi connectivity index (χ2v) is 9.86. The molecule has 0 saturated carbocycles. The summed E-state index contributed by atoms with van der Waals surface area (Å²) in [7, 11) is 0. The quantitative estimate of drug-likeness (QED) is 0.261. The van der Waals surface area contributed by atoms with Crippen LogP contribution in [0.5, 0.6) is 5.75 Å². The molecule has 0 spiro atoms. The Balaban J connectivity index is 1.38. The maximum Gasteiger partial charge on any atom is 0.204 e. The average molecular weight is 477 g/mol. The number of aryl methyl sites for hydroxylation is 1. The van der Waals surface area contributed by atoms with Gasteiger partial charge in [0.25, 0.3) is 0 Å². The van der Waals surface area contributed by atoms with E-state index < -0.39 is 0 Å². The molecule has 1 atom stereocenters. The molecule has 0 aliphatic rings. The van der Waals surface area contributed by atoms with Crippen LogP contribution < -0.4 is 4.74 Å². The van der Waals surface area contributed by atoms with Crippen LogP contribution in [0.2, 0.25) is 0 Å². The Labute approximate surface area is 205 Å². The molecule has 0 fully saturated rings. The number of hydrogen-bond acceptors (Lipinski definition) is 6. The van der Waals surface area contributed by atoms with E-state index in [1.165, 1.54) is 26.4 Å². The van der Waals surface area contributed by atoms with Gasteiger partial charge in [0.05, 0.1) is 12.1 Å². The molecule has 0 N–H and O–H groups in total. The van der Waals surface area contributed by atoms with Gasteiger partial charge in [0.2, 0.25) is 5.82 Å². The third-order valence-electron chi connectivity index (χ3n) is 5.61. The Kier molecular flexibility index (Phi) is 7.75. The summed E-state index contributed by atoms with van der Waals surface area (Å²) in [5.74, 6) is 1.53. The van der Waals surface area contributed by atoms with Crippen molar-refractivity contribution in [1.29, 1.82) is 0 Å². The largest absolute Gasteiger partial charge is 0.488 e. The van der Waals surface area contributed by atoms with E-state index in [2.05, 4.69) is 71.7 Å². The number of rotatable bonds is 10. The Morgan fingerprint density at radius 1 is 0.971 bits per heavy atom. The van der Waals surface area contributed by atoms with E-state index in [0.717, 1.165) is 24.3 Å². The summed E-state index contributed by atoms with van der Waals surface area (Å²) < 4.78 is 11.7. The minimum Gasteiger partial charge on any atom is -0.488 e. The Morgan fingerprint density at radius 3 is 2.32 bits per heavy atom. The van der Waals surface area contributed by atoms with Gasteiger partial charge in [-0.2, -0.15) is 4.80 Å². The predicted octanol–water partition coefficient (Wildman–Crippen LogP) is 6.50. The fourth-order valence-electron chi connectivity index (χ4n) is 3.69. The normalized spacial score (nSPS) is 12.3. The second kappa shape index (κ2) is 10.9. The van der Waals surface area contributed by atoms with E-state index >= 15 is 0 Å². The first-order valence-electron chi connectivity index (χ1n) is 11.8. The zero-order valence-corrected chi connectivity index (χ0v) is 21.3. The van der Waals surface area contributed by atoms with Gasteiger partial charge >= 0.3 is 0 Å².